The van der Waals surface area contributed by atoms with Crippen LogP contribution in [0.1, 0.15) is 16.1 Å². The summed E-state index contributed by atoms with van der Waals surface area (Å²) in [6.07, 6.45) is 1.61. The molecule has 2 aromatic carbocycles. The average molecular weight is 456 g/mol. The quantitative estimate of drug-likeness (QED) is 0.460. The molecule has 4 aromatic rings. The number of piperazine rings is 1. The van der Waals surface area contributed by atoms with Crippen molar-refractivity contribution in [3.63, 3.8) is 0 Å². The molecule has 0 atom stereocenters. The molecule has 0 N–H and O–H groups in total. The van der Waals surface area contributed by atoms with E-state index in [1.807, 2.05) is 18.2 Å². The molecule has 1 fully saturated rings. The van der Waals surface area contributed by atoms with Gasteiger partial charge in [-0.25, -0.2) is 9.97 Å². The minimum Gasteiger partial charge on any atom is -0.497 e. The van der Waals surface area contributed by atoms with Gasteiger partial charge in [0, 0.05) is 38.9 Å². The molecule has 0 saturated carbocycles. The number of ether oxygens (including phenoxy) is 1. The molecule has 0 spiro atoms. The predicted molar refractivity (Wildman–Crippen MR) is 129 cm³/mol. The Balaban J connectivity index is 1.43. The number of hydrogen-bond acceptors (Lipinski definition) is 6. The number of rotatable bonds is 5. The first kappa shape index (κ1) is 21.8. The second-order valence-electron chi connectivity index (χ2n) is 8.20. The number of carbonyl (C=O) groups excluding carboxylic acids is 1. The van der Waals surface area contributed by atoms with Crippen molar-refractivity contribution < 1.29 is 9.53 Å². The molecule has 0 unspecified atom stereocenters. The van der Waals surface area contributed by atoms with Gasteiger partial charge < -0.3 is 9.64 Å². The lowest BCUT2D eigenvalue weighted by atomic mass is 10.2. The van der Waals surface area contributed by atoms with Gasteiger partial charge in [0.1, 0.15) is 11.3 Å². The largest absolute Gasteiger partial charge is 0.497 e. The summed E-state index contributed by atoms with van der Waals surface area (Å²) in [6.45, 7) is 3.40. The van der Waals surface area contributed by atoms with Crippen LogP contribution in [0.3, 0.4) is 0 Å². The molecule has 3 heterocycles. The minimum atomic E-state index is -0.479. The Labute approximate surface area is 197 Å². The Morgan fingerprint density at radius 1 is 0.941 bits per heavy atom. The summed E-state index contributed by atoms with van der Waals surface area (Å²) in [5.74, 6) is 0.324. The van der Waals surface area contributed by atoms with Crippen molar-refractivity contribution in [3.05, 3.63) is 94.5 Å². The highest BCUT2D eigenvalue weighted by atomic mass is 16.5. The number of carbonyl (C=O) groups is 1. The van der Waals surface area contributed by atoms with E-state index in [2.05, 4.69) is 27.0 Å². The number of methoxy groups -OCH3 is 1. The molecule has 1 aliphatic heterocycles. The molecular weight excluding hydrogens is 430 g/mol. The molecule has 8 heteroatoms. The first-order valence-corrected chi connectivity index (χ1v) is 11.2. The maximum absolute atomic E-state index is 13.5. The fraction of sp³-hybridized carbons (Fsp3) is 0.231. The Hall–Kier alpha value is -4.04. The summed E-state index contributed by atoms with van der Waals surface area (Å²) in [7, 11) is 1.58. The topological polar surface area (TPSA) is 80.6 Å². The third-order valence-corrected chi connectivity index (χ3v) is 6.06. The lowest BCUT2D eigenvalue weighted by Crippen LogP contribution is -2.49. The molecule has 5 rings (SSSR count). The minimum absolute atomic E-state index is 0.0900. The first-order chi connectivity index (χ1) is 16.6. The van der Waals surface area contributed by atoms with Crippen LogP contribution >= 0.6 is 0 Å². The van der Waals surface area contributed by atoms with Crippen molar-refractivity contribution >= 4 is 17.1 Å². The van der Waals surface area contributed by atoms with Crippen molar-refractivity contribution in [2.45, 2.75) is 6.54 Å². The molecule has 8 nitrogen and oxygen atoms in total. The molecule has 1 amide bonds. The number of benzene rings is 2. The highest BCUT2D eigenvalue weighted by Gasteiger charge is 2.27. The van der Waals surface area contributed by atoms with Crippen LogP contribution in [0, 0.1) is 0 Å². The number of aromatic nitrogens is 3. The van der Waals surface area contributed by atoms with E-state index in [0.717, 1.165) is 19.6 Å². The molecule has 172 valence electrons. The smallest absolute Gasteiger partial charge is 0.288 e. The average Bonchev–Trinajstić information content (AvgIpc) is 2.89. The predicted octanol–water partition coefficient (Wildman–Crippen LogP) is 2.75. The first-order valence-electron chi connectivity index (χ1n) is 11.2. The monoisotopic (exact) mass is 455 g/mol. The summed E-state index contributed by atoms with van der Waals surface area (Å²) in [5, 5.41) is 0. The lowest BCUT2D eigenvalue weighted by Gasteiger charge is -2.34. The summed E-state index contributed by atoms with van der Waals surface area (Å²) in [4.78, 5) is 39.7. The van der Waals surface area contributed by atoms with E-state index in [-0.39, 0.29) is 11.6 Å². The third-order valence-electron chi connectivity index (χ3n) is 6.06. The maximum atomic E-state index is 13.5. The van der Waals surface area contributed by atoms with Gasteiger partial charge in [0.25, 0.3) is 11.5 Å². The fourth-order valence-corrected chi connectivity index (χ4v) is 4.23. The van der Waals surface area contributed by atoms with Gasteiger partial charge in [-0.1, -0.05) is 30.3 Å². The van der Waals surface area contributed by atoms with Gasteiger partial charge in [0.15, 0.2) is 11.3 Å². The van der Waals surface area contributed by atoms with Gasteiger partial charge in [-0.3, -0.25) is 19.1 Å². The SMILES string of the molecule is COc1ccc(-n2c(=O)c(C(=O)N3CCN(Cc4ccccc4)CC3)nc3cccnc32)cc1. The van der Waals surface area contributed by atoms with E-state index in [0.29, 0.717) is 35.7 Å². The van der Waals surface area contributed by atoms with Gasteiger partial charge in [0.05, 0.1) is 12.8 Å². The van der Waals surface area contributed by atoms with E-state index < -0.39 is 5.56 Å². The fourth-order valence-electron chi connectivity index (χ4n) is 4.23. The van der Waals surface area contributed by atoms with Gasteiger partial charge in [-0.2, -0.15) is 0 Å². The van der Waals surface area contributed by atoms with E-state index in [4.69, 9.17) is 4.74 Å². The van der Waals surface area contributed by atoms with Crippen LogP contribution < -0.4 is 10.3 Å². The highest BCUT2D eigenvalue weighted by Crippen LogP contribution is 2.18. The number of fused-ring (bicyclic) bond motifs is 1. The van der Waals surface area contributed by atoms with Crippen molar-refractivity contribution in [3.8, 4) is 11.4 Å². The number of amides is 1. The molecule has 0 aliphatic carbocycles. The van der Waals surface area contributed by atoms with Gasteiger partial charge in [-0.05, 0) is 42.0 Å². The maximum Gasteiger partial charge on any atom is 0.288 e. The molecule has 0 radical (unpaired) electrons. The zero-order chi connectivity index (χ0) is 23.5. The molecule has 2 aromatic heterocycles. The Bertz CT molecular complexity index is 1360. The summed E-state index contributed by atoms with van der Waals surface area (Å²) in [5.41, 5.74) is 2.17. The number of pyridine rings is 1. The summed E-state index contributed by atoms with van der Waals surface area (Å²) >= 11 is 0. The third kappa shape index (κ3) is 4.27. The standard InChI is InChI=1S/C26H25N5O3/c1-34-21-11-9-20(10-12-21)31-24-22(8-5-13-27-24)28-23(26(31)33)25(32)30-16-14-29(15-17-30)18-19-6-3-2-4-7-19/h2-13H,14-18H2,1H3. The Morgan fingerprint density at radius 3 is 2.38 bits per heavy atom. The lowest BCUT2D eigenvalue weighted by molar-refractivity contribution is 0.0621. The van der Waals surface area contributed by atoms with E-state index in [9.17, 15) is 9.59 Å². The zero-order valence-electron chi connectivity index (χ0n) is 18.9. The molecule has 1 aliphatic rings. The van der Waals surface area contributed by atoms with Crippen LogP contribution in [0.2, 0.25) is 0 Å². The van der Waals surface area contributed by atoms with E-state index in [1.165, 1.54) is 10.1 Å². The summed E-state index contributed by atoms with van der Waals surface area (Å²) < 4.78 is 6.68. The highest BCUT2D eigenvalue weighted by molar-refractivity contribution is 5.94. The van der Waals surface area contributed by atoms with Crippen molar-refractivity contribution in [2.24, 2.45) is 0 Å². The van der Waals surface area contributed by atoms with Crippen LogP contribution in [0.5, 0.6) is 5.75 Å². The zero-order valence-corrected chi connectivity index (χ0v) is 18.9. The van der Waals surface area contributed by atoms with Crippen LogP contribution in [0.15, 0.2) is 77.7 Å². The van der Waals surface area contributed by atoms with Crippen LogP contribution in [-0.2, 0) is 6.54 Å². The molecular formula is C26H25N5O3. The van der Waals surface area contributed by atoms with Gasteiger partial charge >= 0.3 is 0 Å². The molecule has 0 bridgehead atoms. The van der Waals surface area contributed by atoms with E-state index >= 15 is 0 Å². The Morgan fingerprint density at radius 2 is 1.68 bits per heavy atom. The van der Waals surface area contributed by atoms with Crippen molar-refractivity contribution in [1.82, 2.24) is 24.3 Å². The second-order valence-corrected chi connectivity index (χ2v) is 8.20. The molecule has 34 heavy (non-hydrogen) atoms. The van der Waals surface area contributed by atoms with Crippen LogP contribution in [0.25, 0.3) is 16.9 Å². The van der Waals surface area contributed by atoms with Crippen LogP contribution in [0.4, 0.5) is 0 Å². The van der Waals surface area contributed by atoms with Gasteiger partial charge in [-0.15, -0.1) is 0 Å². The van der Waals surface area contributed by atoms with Crippen molar-refractivity contribution in [1.29, 1.82) is 0 Å². The number of nitrogens with zero attached hydrogens (tertiary/aromatic N) is 5. The molecule has 1 saturated heterocycles. The van der Waals surface area contributed by atoms with Gasteiger partial charge in [0.2, 0.25) is 0 Å². The van der Waals surface area contributed by atoms with Crippen LogP contribution in [-0.4, -0.2) is 63.5 Å². The van der Waals surface area contributed by atoms with E-state index in [1.54, 1.807) is 54.6 Å². The normalized spacial score (nSPS) is 14.3. The summed E-state index contributed by atoms with van der Waals surface area (Å²) in [6, 6.07) is 20.9. The number of hydrogen-bond donors (Lipinski definition) is 0. The Kier molecular flexibility index (Phi) is 6.05. The van der Waals surface area contributed by atoms with Crippen molar-refractivity contribution in [2.75, 3.05) is 33.3 Å². The second kappa shape index (κ2) is 9.44.